The van der Waals surface area contributed by atoms with Crippen LogP contribution >= 0.6 is 0 Å². The van der Waals surface area contributed by atoms with E-state index < -0.39 is 0 Å². The van der Waals surface area contributed by atoms with Crippen LogP contribution in [0, 0.1) is 0 Å². The first-order chi connectivity index (χ1) is 9.76. The van der Waals surface area contributed by atoms with Gasteiger partial charge in [0, 0.05) is 12.2 Å². The van der Waals surface area contributed by atoms with Crippen molar-refractivity contribution in [3.63, 3.8) is 0 Å². The third kappa shape index (κ3) is 7.17. The Kier molecular flexibility index (Phi) is 8.52. The molecule has 3 nitrogen and oxygen atoms in total. The number of hydrogen-bond donors (Lipinski definition) is 2. The van der Waals surface area contributed by atoms with Crippen molar-refractivity contribution >= 4 is 11.7 Å². The maximum absolute atomic E-state index is 11.5. The van der Waals surface area contributed by atoms with Gasteiger partial charge in [0.2, 0.25) is 0 Å². The largest absolute Gasteiger partial charge is 0.338 e. The standard InChI is InChI=1S/C17H28N2O/c1-3-5-6-7-8-9-15-10-12-16(13-11-15)19-17(20)18-14-4-2/h10-13H,3-9,14H2,1-2H3,(H2,18,19,20). The number of amides is 2. The van der Waals surface area contributed by atoms with Crippen molar-refractivity contribution in [1.29, 1.82) is 0 Å². The Balaban J connectivity index is 2.27. The lowest BCUT2D eigenvalue weighted by Gasteiger charge is -2.07. The van der Waals surface area contributed by atoms with Crippen LogP contribution in [0.1, 0.15) is 57.9 Å². The lowest BCUT2D eigenvalue weighted by atomic mass is 10.1. The van der Waals surface area contributed by atoms with Crippen LogP contribution in [0.5, 0.6) is 0 Å². The monoisotopic (exact) mass is 276 g/mol. The minimum Gasteiger partial charge on any atom is -0.338 e. The quantitative estimate of drug-likeness (QED) is 0.629. The molecule has 2 N–H and O–H groups in total. The van der Waals surface area contributed by atoms with Gasteiger partial charge in [0.1, 0.15) is 0 Å². The molecule has 0 spiro atoms. The lowest BCUT2D eigenvalue weighted by Crippen LogP contribution is -2.29. The summed E-state index contributed by atoms with van der Waals surface area (Å²) < 4.78 is 0. The summed E-state index contributed by atoms with van der Waals surface area (Å²) in [5.74, 6) is 0. The van der Waals surface area contributed by atoms with Crippen LogP contribution < -0.4 is 10.6 Å². The molecule has 0 aromatic heterocycles. The average Bonchev–Trinajstić information content (AvgIpc) is 2.46. The second-order valence-electron chi connectivity index (χ2n) is 5.24. The van der Waals surface area contributed by atoms with Gasteiger partial charge in [0.05, 0.1) is 0 Å². The summed E-state index contributed by atoms with van der Waals surface area (Å²) in [6.45, 7) is 4.99. The molecule has 0 fully saturated rings. The molecule has 0 bridgehead atoms. The zero-order valence-electron chi connectivity index (χ0n) is 12.9. The van der Waals surface area contributed by atoms with Gasteiger partial charge in [0.15, 0.2) is 0 Å². The minimum atomic E-state index is -0.126. The van der Waals surface area contributed by atoms with Gasteiger partial charge < -0.3 is 10.6 Å². The molecule has 0 saturated heterocycles. The molecule has 1 rings (SSSR count). The van der Waals surface area contributed by atoms with Crippen LogP contribution in [0.4, 0.5) is 10.5 Å². The van der Waals surface area contributed by atoms with Crippen molar-refractivity contribution in [2.24, 2.45) is 0 Å². The summed E-state index contributed by atoms with van der Waals surface area (Å²) in [5.41, 5.74) is 2.20. The Hall–Kier alpha value is -1.51. The molecule has 112 valence electrons. The van der Waals surface area contributed by atoms with E-state index in [9.17, 15) is 4.79 Å². The third-order valence-electron chi connectivity index (χ3n) is 3.32. The number of nitrogens with one attached hydrogen (secondary N) is 2. The van der Waals surface area contributed by atoms with E-state index in [0.29, 0.717) is 6.54 Å². The number of unbranched alkanes of at least 4 members (excludes halogenated alkanes) is 4. The van der Waals surface area contributed by atoms with E-state index in [4.69, 9.17) is 0 Å². The van der Waals surface area contributed by atoms with E-state index in [0.717, 1.165) is 18.5 Å². The lowest BCUT2D eigenvalue weighted by molar-refractivity contribution is 0.252. The van der Waals surface area contributed by atoms with Gasteiger partial charge in [0.25, 0.3) is 0 Å². The molecule has 0 aliphatic heterocycles. The molecule has 0 saturated carbocycles. The molecule has 0 aliphatic rings. The molecule has 0 radical (unpaired) electrons. The second-order valence-corrected chi connectivity index (χ2v) is 5.24. The number of rotatable bonds is 9. The van der Waals surface area contributed by atoms with E-state index in [1.807, 2.05) is 19.1 Å². The summed E-state index contributed by atoms with van der Waals surface area (Å²) in [5, 5.41) is 5.64. The highest BCUT2D eigenvalue weighted by Gasteiger charge is 2.00. The number of benzene rings is 1. The van der Waals surface area contributed by atoms with Gasteiger partial charge in [-0.3, -0.25) is 0 Å². The fraction of sp³-hybridized carbons (Fsp3) is 0.588. The van der Waals surface area contributed by atoms with Gasteiger partial charge in [-0.15, -0.1) is 0 Å². The minimum absolute atomic E-state index is 0.126. The molecule has 3 heteroatoms. The Labute approximate surface area is 123 Å². The topological polar surface area (TPSA) is 41.1 Å². The van der Waals surface area contributed by atoms with Crippen LogP contribution in [0.15, 0.2) is 24.3 Å². The van der Waals surface area contributed by atoms with Crippen LogP contribution in [-0.4, -0.2) is 12.6 Å². The summed E-state index contributed by atoms with van der Waals surface area (Å²) in [7, 11) is 0. The van der Waals surface area contributed by atoms with E-state index in [1.54, 1.807) is 0 Å². The maximum Gasteiger partial charge on any atom is 0.319 e. The molecule has 0 unspecified atom stereocenters. The predicted molar refractivity (Wildman–Crippen MR) is 86.2 cm³/mol. The molecular formula is C17H28N2O. The average molecular weight is 276 g/mol. The third-order valence-corrected chi connectivity index (χ3v) is 3.32. The smallest absolute Gasteiger partial charge is 0.319 e. The maximum atomic E-state index is 11.5. The van der Waals surface area contributed by atoms with Gasteiger partial charge >= 0.3 is 6.03 Å². The van der Waals surface area contributed by atoms with Crippen molar-refractivity contribution in [2.75, 3.05) is 11.9 Å². The van der Waals surface area contributed by atoms with E-state index >= 15 is 0 Å². The summed E-state index contributed by atoms with van der Waals surface area (Å²) in [6, 6.07) is 8.05. The van der Waals surface area contributed by atoms with Crippen LogP contribution in [0.25, 0.3) is 0 Å². The fourth-order valence-corrected chi connectivity index (χ4v) is 2.10. The molecule has 20 heavy (non-hydrogen) atoms. The van der Waals surface area contributed by atoms with E-state index in [-0.39, 0.29) is 6.03 Å². The normalized spacial score (nSPS) is 10.3. The predicted octanol–water partition coefficient (Wildman–Crippen LogP) is 4.73. The molecule has 0 heterocycles. The first-order valence-corrected chi connectivity index (χ1v) is 7.90. The number of urea groups is 1. The summed E-state index contributed by atoms with van der Waals surface area (Å²) in [4.78, 5) is 11.5. The number of hydrogen-bond acceptors (Lipinski definition) is 1. The van der Waals surface area contributed by atoms with Crippen molar-refractivity contribution in [3.8, 4) is 0 Å². The first kappa shape index (κ1) is 16.5. The fourth-order valence-electron chi connectivity index (χ4n) is 2.10. The van der Waals surface area contributed by atoms with Crippen molar-refractivity contribution in [2.45, 2.75) is 58.8 Å². The van der Waals surface area contributed by atoms with E-state index in [2.05, 4.69) is 29.7 Å². The molecule has 0 aliphatic carbocycles. The van der Waals surface area contributed by atoms with Gasteiger partial charge in [-0.05, 0) is 37.0 Å². The molecule has 1 aromatic rings. The van der Waals surface area contributed by atoms with Crippen LogP contribution in [0.2, 0.25) is 0 Å². The Morgan fingerprint density at radius 3 is 2.30 bits per heavy atom. The Morgan fingerprint density at radius 1 is 0.950 bits per heavy atom. The Morgan fingerprint density at radius 2 is 1.65 bits per heavy atom. The number of carbonyl (C=O) groups excluding carboxylic acids is 1. The van der Waals surface area contributed by atoms with Crippen molar-refractivity contribution < 1.29 is 4.79 Å². The summed E-state index contributed by atoms with van der Waals surface area (Å²) in [6.07, 6.45) is 8.62. The number of anilines is 1. The highest BCUT2D eigenvalue weighted by Crippen LogP contribution is 2.13. The van der Waals surface area contributed by atoms with Crippen LogP contribution in [0.3, 0.4) is 0 Å². The second kappa shape index (κ2) is 10.3. The molecule has 0 atom stereocenters. The molecule has 1 aromatic carbocycles. The number of carbonyl (C=O) groups is 1. The summed E-state index contributed by atoms with van der Waals surface area (Å²) >= 11 is 0. The SMILES string of the molecule is CCCCCCCc1ccc(NC(=O)NCCC)cc1. The van der Waals surface area contributed by atoms with Crippen molar-refractivity contribution in [1.82, 2.24) is 5.32 Å². The van der Waals surface area contributed by atoms with Gasteiger partial charge in [-0.1, -0.05) is 51.7 Å². The van der Waals surface area contributed by atoms with Crippen LogP contribution in [-0.2, 0) is 6.42 Å². The zero-order valence-corrected chi connectivity index (χ0v) is 12.9. The first-order valence-electron chi connectivity index (χ1n) is 7.90. The van der Waals surface area contributed by atoms with Gasteiger partial charge in [-0.2, -0.15) is 0 Å². The Bertz CT molecular complexity index is 373. The zero-order chi connectivity index (χ0) is 14.6. The van der Waals surface area contributed by atoms with Crippen molar-refractivity contribution in [3.05, 3.63) is 29.8 Å². The highest BCUT2D eigenvalue weighted by atomic mass is 16.2. The molecular weight excluding hydrogens is 248 g/mol. The van der Waals surface area contributed by atoms with Gasteiger partial charge in [-0.25, -0.2) is 4.79 Å². The number of aryl methyl sites for hydroxylation is 1. The highest BCUT2D eigenvalue weighted by molar-refractivity contribution is 5.89. The molecule has 2 amide bonds. The van der Waals surface area contributed by atoms with E-state index in [1.165, 1.54) is 37.7 Å².